The van der Waals surface area contributed by atoms with Crippen molar-refractivity contribution < 1.29 is 9.53 Å². The third-order valence-corrected chi connectivity index (χ3v) is 6.84. The van der Waals surface area contributed by atoms with E-state index in [9.17, 15) is 4.79 Å². The molecule has 0 fully saturated rings. The number of carbonyl (C=O) groups is 1. The molecule has 1 aromatic rings. The Hall–Kier alpha value is -0.780. The van der Waals surface area contributed by atoms with Crippen LogP contribution in [0, 0.1) is 0 Å². The molecule has 21 heavy (non-hydrogen) atoms. The van der Waals surface area contributed by atoms with Crippen molar-refractivity contribution >= 4 is 30.5 Å². The monoisotopic (exact) mass is 402 g/mol. The van der Waals surface area contributed by atoms with E-state index in [2.05, 4.69) is 31.2 Å². The number of hydrogen-bond donors (Lipinski definition) is 0. The molecule has 0 bridgehead atoms. The van der Waals surface area contributed by atoms with Gasteiger partial charge in [0.05, 0.1) is 0 Å². The van der Waals surface area contributed by atoms with Crippen molar-refractivity contribution in [2.45, 2.75) is 58.0 Å². The summed E-state index contributed by atoms with van der Waals surface area (Å²) in [6.07, 6.45) is 10.5. The minimum atomic E-state index is -0.459. The van der Waals surface area contributed by atoms with Crippen LogP contribution in [0.2, 0.25) is 0 Å². The standard InChI is InChI=1S/C18H24O2Te/c1-2-3-4-5-6-10-13-16-17(14-18(19)20-16)21-15-11-8-7-9-12-15/h7-9,11-12,14,16H,2-6,10,13H2,1H3. The zero-order valence-electron chi connectivity index (χ0n) is 12.7. The Morgan fingerprint density at radius 2 is 1.76 bits per heavy atom. The molecule has 1 atom stereocenters. The molecule has 2 rings (SSSR count). The first-order valence-corrected chi connectivity index (χ1v) is 10.3. The maximum absolute atomic E-state index is 11.6. The molecule has 0 saturated heterocycles. The van der Waals surface area contributed by atoms with E-state index in [0.717, 1.165) is 6.42 Å². The fraction of sp³-hybridized carbons (Fsp3) is 0.500. The Morgan fingerprint density at radius 3 is 2.52 bits per heavy atom. The minimum absolute atomic E-state index is 0.0614. The zero-order valence-corrected chi connectivity index (χ0v) is 15.0. The van der Waals surface area contributed by atoms with Crippen LogP contribution in [0.4, 0.5) is 0 Å². The van der Waals surface area contributed by atoms with Gasteiger partial charge in [0.2, 0.25) is 0 Å². The van der Waals surface area contributed by atoms with Crippen LogP contribution < -0.4 is 3.61 Å². The van der Waals surface area contributed by atoms with Gasteiger partial charge in [-0.3, -0.25) is 0 Å². The second kappa shape index (κ2) is 9.28. The fourth-order valence-corrected chi connectivity index (χ4v) is 5.38. The summed E-state index contributed by atoms with van der Waals surface area (Å²) in [4.78, 5) is 11.6. The summed E-state index contributed by atoms with van der Waals surface area (Å²) in [5.74, 6) is -0.137. The van der Waals surface area contributed by atoms with Crippen LogP contribution in [-0.4, -0.2) is 33.0 Å². The Labute approximate surface area is 138 Å². The van der Waals surface area contributed by atoms with E-state index in [4.69, 9.17) is 4.74 Å². The van der Waals surface area contributed by atoms with Crippen molar-refractivity contribution in [3.05, 3.63) is 40.0 Å². The molecule has 2 nitrogen and oxygen atoms in total. The summed E-state index contributed by atoms with van der Waals surface area (Å²) < 4.78 is 8.12. The van der Waals surface area contributed by atoms with Crippen molar-refractivity contribution in [3.8, 4) is 0 Å². The number of hydrogen-bond acceptors (Lipinski definition) is 2. The summed E-state index contributed by atoms with van der Waals surface area (Å²) in [6.45, 7) is 2.24. The van der Waals surface area contributed by atoms with Crippen molar-refractivity contribution in [2.24, 2.45) is 0 Å². The molecule has 1 aliphatic rings. The zero-order chi connectivity index (χ0) is 14.9. The van der Waals surface area contributed by atoms with E-state index in [1.165, 1.54) is 45.8 Å². The Balaban J connectivity index is 1.77. The summed E-state index contributed by atoms with van der Waals surface area (Å²) in [5, 5.41) is 0. The van der Waals surface area contributed by atoms with E-state index in [1.807, 2.05) is 6.07 Å². The van der Waals surface area contributed by atoms with Crippen LogP contribution in [0.3, 0.4) is 0 Å². The molecule has 0 N–H and O–H groups in total. The summed E-state index contributed by atoms with van der Waals surface area (Å²) in [5.41, 5.74) is 0. The molecular formula is C18H24O2Te. The molecular weight excluding hydrogens is 376 g/mol. The number of unbranched alkanes of at least 4 members (excludes halogenated alkanes) is 5. The van der Waals surface area contributed by atoms with E-state index in [-0.39, 0.29) is 12.1 Å². The molecule has 0 aliphatic carbocycles. The molecule has 3 heteroatoms. The summed E-state index contributed by atoms with van der Waals surface area (Å²) >= 11 is -0.459. The summed E-state index contributed by atoms with van der Waals surface area (Å²) in [7, 11) is 0. The molecule has 0 amide bonds. The number of ether oxygens (including phenoxy) is 1. The molecule has 1 aliphatic heterocycles. The van der Waals surface area contributed by atoms with Gasteiger partial charge < -0.3 is 0 Å². The molecule has 1 unspecified atom stereocenters. The first kappa shape index (κ1) is 16.6. The van der Waals surface area contributed by atoms with Gasteiger partial charge in [-0.15, -0.1) is 0 Å². The molecule has 0 saturated carbocycles. The van der Waals surface area contributed by atoms with Crippen molar-refractivity contribution in [3.63, 3.8) is 0 Å². The van der Waals surface area contributed by atoms with E-state index >= 15 is 0 Å². The second-order valence-corrected chi connectivity index (χ2v) is 8.72. The van der Waals surface area contributed by atoms with E-state index in [1.54, 1.807) is 6.08 Å². The third-order valence-electron chi connectivity index (χ3n) is 3.63. The molecule has 0 spiro atoms. The molecule has 0 aromatic heterocycles. The van der Waals surface area contributed by atoms with Crippen molar-refractivity contribution in [2.75, 3.05) is 0 Å². The Kier molecular flexibility index (Phi) is 7.33. The molecule has 114 valence electrons. The maximum atomic E-state index is 11.6. The number of carbonyl (C=O) groups excluding carboxylic acids is 1. The van der Waals surface area contributed by atoms with E-state index < -0.39 is 20.9 Å². The van der Waals surface area contributed by atoms with Crippen LogP contribution >= 0.6 is 0 Å². The normalized spacial score (nSPS) is 17.7. The Bertz CT molecular complexity index is 467. The van der Waals surface area contributed by atoms with Crippen LogP contribution in [0.5, 0.6) is 0 Å². The van der Waals surface area contributed by atoms with Gasteiger partial charge in [0.1, 0.15) is 0 Å². The predicted molar refractivity (Wildman–Crippen MR) is 87.8 cm³/mol. The SMILES string of the molecule is CCCCCCCCC1OC(=O)C=C1[Te]c1ccccc1. The fourth-order valence-electron chi connectivity index (χ4n) is 2.47. The topological polar surface area (TPSA) is 26.3 Å². The van der Waals surface area contributed by atoms with Crippen LogP contribution in [0.25, 0.3) is 0 Å². The number of rotatable bonds is 9. The van der Waals surface area contributed by atoms with Gasteiger partial charge in [-0.2, -0.15) is 0 Å². The van der Waals surface area contributed by atoms with Gasteiger partial charge in [0, 0.05) is 0 Å². The third kappa shape index (κ3) is 5.85. The molecule has 0 radical (unpaired) electrons. The van der Waals surface area contributed by atoms with Gasteiger partial charge in [0.25, 0.3) is 0 Å². The van der Waals surface area contributed by atoms with Gasteiger partial charge in [-0.1, -0.05) is 0 Å². The van der Waals surface area contributed by atoms with Gasteiger partial charge in [-0.05, 0) is 0 Å². The van der Waals surface area contributed by atoms with E-state index in [0.29, 0.717) is 0 Å². The molecule has 1 aromatic carbocycles. The summed E-state index contributed by atoms with van der Waals surface area (Å²) in [6, 6.07) is 10.5. The van der Waals surface area contributed by atoms with Gasteiger partial charge in [-0.25, -0.2) is 0 Å². The average molecular weight is 400 g/mol. The van der Waals surface area contributed by atoms with Crippen molar-refractivity contribution in [1.82, 2.24) is 0 Å². The van der Waals surface area contributed by atoms with Crippen LogP contribution in [-0.2, 0) is 9.53 Å². The van der Waals surface area contributed by atoms with Gasteiger partial charge >= 0.3 is 138 Å². The first-order valence-electron chi connectivity index (χ1n) is 7.94. The number of cyclic esters (lactones) is 1. The number of benzene rings is 1. The first-order chi connectivity index (χ1) is 10.3. The number of esters is 1. The molecule has 1 heterocycles. The van der Waals surface area contributed by atoms with Crippen LogP contribution in [0.1, 0.15) is 51.9 Å². The van der Waals surface area contributed by atoms with Crippen LogP contribution in [0.15, 0.2) is 40.0 Å². The predicted octanol–water partition coefficient (Wildman–Crippen LogP) is 3.58. The Morgan fingerprint density at radius 1 is 1.05 bits per heavy atom. The average Bonchev–Trinajstić information content (AvgIpc) is 2.83. The quantitative estimate of drug-likeness (QED) is 0.360. The van der Waals surface area contributed by atoms with Gasteiger partial charge in [0.15, 0.2) is 0 Å². The van der Waals surface area contributed by atoms with Crippen molar-refractivity contribution in [1.29, 1.82) is 0 Å². The second-order valence-electron chi connectivity index (χ2n) is 5.44.